The number of amides is 1. The molecule has 0 radical (unpaired) electrons. The molecular formula is C16H21ClF2N2O. The Hall–Kier alpha value is -1.20. The van der Waals surface area contributed by atoms with E-state index in [0.717, 1.165) is 6.42 Å². The van der Waals surface area contributed by atoms with E-state index in [1.807, 2.05) is 25.1 Å². The second-order valence-electron chi connectivity index (χ2n) is 6.07. The maximum Gasteiger partial charge on any atom is 0.262 e. The number of rotatable bonds is 2. The summed E-state index contributed by atoms with van der Waals surface area (Å²) in [7, 11) is 0. The minimum absolute atomic E-state index is 0. The van der Waals surface area contributed by atoms with Crippen LogP contribution in [-0.4, -0.2) is 41.9 Å². The van der Waals surface area contributed by atoms with Gasteiger partial charge >= 0.3 is 0 Å². The van der Waals surface area contributed by atoms with Gasteiger partial charge in [-0.1, -0.05) is 30.3 Å². The summed E-state index contributed by atoms with van der Waals surface area (Å²) in [6.07, 6.45) is 0.505. The molecule has 1 N–H and O–H groups in total. The Kier molecular flexibility index (Phi) is 5.07. The molecular weight excluding hydrogens is 310 g/mol. The summed E-state index contributed by atoms with van der Waals surface area (Å²) in [6, 6.07) is 9.40. The third-order valence-electron chi connectivity index (χ3n) is 4.67. The van der Waals surface area contributed by atoms with Gasteiger partial charge in [0.2, 0.25) is 5.91 Å². The molecule has 0 aliphatic carbocycles. The van der Waals surface area contributed by atoms with E-state index in [9.17, 15) is 13.6 Å². The zero-order valence-corrected chi connectivity index (χ0v) is 13.3. The van der Waals surface area contributed by atoms with E-state index in [1.54, 1.807) is 4.90 Å². The average molecular weight is 331 g/mol. The number of alkyl halides is 2. The van der Waals surface area contributed by atoms with Crippen LogP contribution in [0.5, 0.6) is 0 Å². The summed E-state index contributed by atoms with van der Waals surface area (Å²) < 4.78 is 26.5. The molecule has 122 valence electrons. The van der Waals surface area contributed by atoms with Crippen molar-refractivity contribution in [3.8, 4) is 0 Å². The van der Waals surface area contributed by atoms with Gasteiger partial charge in [-0.15, -0.1) is 12.4 Å². The highest BCUT2D eigenvalue weighted by molar-refractivity contribution is 5.85. The molecule has 3 nitrogen and oxygen atoms in total. The number of halogens is 3. The van der Waals surface area contributed by atoms with Gasteiger partial charge in [-0.2, -0.15) is 0 Å². The largest absolute Gasteiger partial charge is 0.338 e. The molecule has 0 bridgehead atoms. The van der Waals surface area contributed by atoms with Crippen LogP contribution in [-0.2, 0) is 4.79 Å². The summed E-state index contributed by atoms with van der Waals surface area (Å²) in [5.41, 5.74) is 1.21. The van der Waals surface area contributed by atoms with Gasteiger partial charge < -0.3 is 4.90 Å². The van der Waals surface area contributed by atoms with Crippen LogP contribution in [0.3, 0.4) is 0 Å². The summed E-state index contributed by atoms with van der Waals surface area (Å²) >= 11 is 0. The lowest BCUT2D eigenvalue weighted by Gasteiger charge is -2.27. The van der Waals surface area contributed by atoms with Crippen LogP contribution in [0.25, 0.3) is 0 Å². The molecule has 0 saturated carbocycles. The van der Waals surface area contributed by atoms with E-state index in [1.165, 1.54) is 5.56 Å². The maximum absolute atomic E-state index is 13.2. The van der Waals surface area contributed by atoms with Gasteiger partial charge in [0.1, 0.15) is 0 Å². The lowest BCUT2D eigenvalue weighted by Crippen LogP contribution is -2.45. The standard InChI is InChI=1S/C16H20F2N2O.ClH/c1-11-13(12-5-3-2-4-6-12)7-8-20(11)15(21)14-9-16(17,18)10-19-14;/h2-6,11,13-14,19H,7-10H2,1H3;1H. The van der Waals surface area contributed by atoms with E-state index in [2.05, 4.69) is 17.4 Å². The molecule has 2 saturated heterocycles. The van der Waals surface area contributed by atoms with Gasteiger partial charge in [0.05, 0.1) is 12.6 Å². The molecule has 22 heavy (non-hydrogen) atoms. The van der Waals surface area contributed by atoms with Gasteiger partial charge in [-0.3, -0.25) is 10.1 Å². The Bertz CT molecular complexity index is 526. The molecule has 3 atom stereocenters. The molecule has 0 spiro atoms. The lowest BCUT2D eigenvalue weighted by atomic mass is 9.93. The van der Waals surface area contributed by atoms with E-state index < -0.39 is 18.5 Å². The minimum atomic E-state index is -2.76. The fourth-order valence-corrected chi connectivity index (χ4v) is 3.49. The Balaban J connectivity index is 0.00000176. The fraction of sp³-hybridized carbons (Fsp3) is 0.562. The summed E-state index contributed by atoms with van der Waals surface area (Å²) in [6.45, 7) is 2.26. The van der Waals surface area contributed by atoms with Crippen molar-refractivity contribution in [2.45, 2.75) is 43.7 Å². The van der Waals surface area contributed by atoms with Crippen LogP contribution in [0.2, 0.25) is 0 Å². The number of nitrogens with zero attached hydrogens (tertiary/aromatic N) is 1. The molecule has 2 aliphatic heterocycles. The van der Waals surface area contributed by atoms with Crippen molar-refractivity contribution in [1.29, 1.82) is 0 Å². The van der Waals surface area contributed by atoms with Gasteiger partial charge in [0, 0.05) is 24.9 Å². The second-order valence-corrected chi connectivity index (χ2v) is 6.07. The first-order valence-electron chi connectivity index (χ1n) is 7.44. The summed E-state index contributed by atoms with van der Waals surface area (Å²) in [5.74, 6) is -2.66. The third-order valence-corrected chi connectivity index (χ3v) is 4.67. The second kappa shape index (κ2) is 6.50. The van der Waals surface area contributed by atoms with Crippen molar-refractivity contribution in [3.05, 3.63) is 35.9 Å². The van der Waals surface area contributed by atoms with Crippen LogP contribution in [0.15, 0.2) is 30.3 Å². The first-order valence-corrected chi connectivity index (χ1v) is 7.44. The number of nitrogens with one attached hydrogen (secondary N) is 1. The first kappa shape index (κ1) is 17.2. The normalized spacial score (nSPS) is 30.1. The molecule has 1 aromatic rings. The summed E-state index contributed by atoms with van der Waals surface area (Å²) in [4.78, 5) is 14.2. The van der Waals surface area contributed by atoms with Gasteiger partial charge in [0.15, 0.2) is 0 Å². The Morgan fingerprint density at radius 1 is 1.32 bits per heavy atom. The van der Waals surface area contributed by atoms with Crippen molar-refractivity contribution in [1.82, 2.24) is 10.2 Å². The highest BCUT2D eigenvalue weighted by Gasteiger charge is 2.45. The molecule has 2 fully saturated rings. The highest BCUT2D eigenvalue weighted by atomic mass is 35.5. The SMILES string of the molecule is CC1C(c2ccccc2)CCN1C(=O)C1CC(F)(F)CN1.Cl. The minimum Gasteiger partial charge on any atom is -0.338 e. The average Bonchev–Trinajstić information content (AvgIpc) is 3.02. The molecule has 1 aromatic carbocycles. The van der Waals surface area contributed by atoms with E-state index in [-0.39, 0.29) is 36.7 Å². The molecule has 0 aromatic heterocycles. The van der Waals surface area contributed by atoms with Gasteiger partial charge in [-0.25, -0.2) is 8.78 Å². The maximum atomic E-state index is 13.2. The Labute approximate surface area is 135 Å². The first-order chi connectivity index (χ1) is 9.98. The predicted octanol–water partition coefficient (Wildman–Crippen LogP) is 2.81. The molecule has 6 heteroatoms. The number of carbonyl (C=O) groups excluding carboxylic acids is 1. The van der Waals surface area contributed by atoms with Crippen molar-refractivity contribution in [3.63, 3.8) is 0 Å². The van der Waals surface area contributed by atoms with E-state index >= 15 is 0 Å². The van der Waals surface area contributed by atoms with Crippen LogP contribution >= 0.6 is 12.4 Å². The number of carbonyl (C=O) groups is 1. The predicted molar refractivity (Wildman–Crippen MR) is 83.6 cm³/mol. The van der Waals surface area contributed by atoms with Crippen LogP contribution in [0.4, 0.5) is 8.78 Å². The molecule has 3 rings (SSSR count). The van der Waals surface area contributed by atoms with Crippen molar-refractivity contribution >= 4 is 18.3 Å². The quantitative estimate of drug-likeness (QED) is 0.904. The van der Waals surface area contributed by atoms with Crippen molar-refractivity contribution in [2.75, 3.05) is 13.1 Å². The smallest absolute Gasteiger partial charge is 0.262 e. The lowest BCUT2D eigenvalue weighted by molar-refractivity contribution is -0.134. The van der Waals surface area contributed by atoms with Crippen molar-refractivity contribution in [2.24, 2.45) is 0 Å². The highest BCUT2D eigenvalue weighted by Crippen LogP contribution is 2.35. The van der Waals surface area contributed by atoms with E-state index in [0.29, 0.717) is 6.54 Å². The number of hydrogen-bond donors (Lipinski definition) is 1. The van der Waals surface area contributed by atoms with Gasteiger partial charge in [0.25, 0.3) is 5.92 Å². The molecule has 2 aliphatic rings. The molecule has 3 unspecified atom stereocenters. The third kappa shape index (κ3) is 3.25. The number of likely N-dealkylation sites (tertiary alicyclic amines) is 1. The Morgan fingerprint density at radius 3 is 2.59 bits per heavy atom. The topological polar surface area (TPSA) is 32.3 Å². The van der Waals surface area contributed by atoms with E-state index in [4.69, 9.17) is 0 Å². The van der Waals surface area contributed by atoms with Crippen molar-refractivity contribution < 1.29 is 13.6 Å². The Morgan fingerprint density at radius 2 is 2.00 bits per heavy atom. The molecule has 2 heterocycles. The number of benzene rings is 1. The van der Waals surface area contributed by atoms with Crippen LogP contribution in [0.1, 0.15) is 31.2 Å². The zero-order chi connectivity index (χ0) is 15.0. The van der Waals surface area contributed by atoms with Gasteiger partial charge in [-0.05, 0) is 18.9 Å². The van der Waals surface area contributed by atoms with Crippen LogP contribution in [0, 0.1) is 0 Å². The zero-order valence-electron chi connectivity index (χ0n) is 12.5. The van der Waals surface area contributed by atoms with Crippen LogP contribution < -0.4 is 5.32 Å². The fourth-order valence-electron chi connectivity index (χ4n) is 3.49. The summed E-state index contributed by atoms with van der Waals surface area (Å²) in [5, 5.41) is 2.66. The molecule has 1 amide bonds. The monoisotopic (exact) mass is 330 g/mol. The number of hydrogen-bond acceptors (Lipinski definition) is 2.